The van der Waals surface area contributed by atoms with Crippen LogP contribution in [0.5, 0.6) is 0 Å². The summed E-state index contributed by atoms with van der Waals surface area (Å²) in [5, 5.41) is 0. The van der Waals surface area contributed by atoms with Crippen LogP contribution in [0.15, 0.2) is 48.8 Å². The van der Waals surface area contributed by atoms with Crippen molar-refractivity contribution in [2.24, 2.45) is 0 Å². The van der Waals surface area contributed by atoms with E-state index < -0.39 is 0 Å². The summed E-state index contributed by atoms with van der Waals surface area (Å²) in [5.74, 6) is 2.37. The molecule has 10 radical (unpaired) electrons. The summed E-state index contributed by atoms with van der Waals surface area (Å²) < 4.78 is 0. The molecule has 2 saturated carbocycles. The fourth-order valence-electron chi connectivity index (χ4n) is 2.16. The monoisotopic (exact) mass is 340 g/mol. The van der Waals surface area contributed by atoms with E-state index in [1.165, 1.54) is 11.8 Å². The maximum atomic E-state index is 4.22. The summed E-state index contributed by atoms with van der Waals surface area (Å²) >= 11 is 0. The third-order valence-electron chi connectivity index (χ3n) is 3.25. The summed E-state index contributed by atoms with van der Waals surface area (Å²) in [5.41, 5.74) is 2.08. The number of aromatic nitrogens is 2. The summed E-state index contributed by atoms with van der Waals surface area (Å²) in [6.07, 6.45) is 19.9. The second-order valence-electron chi connectivity index (χ2n) is 4.78. The molecule has 0 N–H and O–H groups in total. The molecule has 0 atom stereocenters. The van der Waals surface area contributed by atoms with E-state index in [0.717, 1.165) is 11.4 Å². The maximum Gasteiger partial charge on any atom is 2.00 e. The smallest absolute Gasteiger partial charge is 0.261 e. The minimum absolute atomic E-state index is 0. The van der Waals surface area contributed by atoms with Crippen LogP contribution in [0.4, 0.5) is 0 Å². The molecule has 4 rings (SSSR count). The predicted octanol–water partition coefficient (Wildman–Crippen LogP) is 3.67. The van der Waals surface area contributed by atoms with Crippen molar-refractivity contribution in [1.29, 1.82) is 0 Å². The summed E-state index contributed by atoms with van der Waals surface area (Å²) in [6.45, 7) is 0. The van der Waals surface area contributed by atoms with Crippen molar-refractivity contribution in [3.8, 4) is 0 Å². The first-order valence-electron chi connectivity index (χ1n) is 7.20. The number of hydrogen-bond donors (Lipinski definition) is 0. The Balaban J connectivity index is 0.000000160. The molecular weight excluding hydrogens is 324 g/mol. The predicted molar refractivity (Wildman–Crippen MR) is 87.6 cm³/mol. The SMILES string of the molecule is [CH]1[CH][CH][C](c2ccccn2)[CH]1.[CH]1[CH][CH][C](c2ccccn2)[CH]1.[Fe+2]. The Kier molecular flexibility index (Phi) is 7.78. The first-order valence-corrected chi connectivity index (χ1v) is 7.20. The van der Waals surface area contributed by atoms with E-state index in [9.17, 15) is 0 Å². The number of pyridine rings is 2. The minimum Gasteiger partial charge on any atom is -0.261 e. The van der Waals surface area contributed by atoms with Crippen LogP contribution >= 0.6 is 0 Å². The van der Waals surface area contributed by atoms with E-state index >= 15 is 0 Å². The standard InChI is InChI=1S/2C10H8N.Fe/c2*1-2-6-9(5-1)10-7-3-4-8-11-10;/h2*1-8H;/q;;+2. The molecule has 23 heavy (non-hydrogen) atoms. The van der Waals surface area contributed by atoms with Crippen molar-refractivity contribution in [2.45, 2.75) is 0 Å². The van der Waals surface area contributed by atoms with Crippen molar-refractivity contribution in [2.75, 3.05) is 0 Å². The van der Waals surface area contributed by atoms with Crippen LogP contribution in [0.25, 0.3) is 0 Å². The average Bonchev–Trinajstić information content (AvgIpc) is 3.31. The second kappa shape index (κ2) is 9.85. The van der Waals surface area contributed by atoms with Crippen LogP contribution in [0.1, 0.15) is 11.4 Å². The average molecular weight is 340 g/mol. The van der Waals surface area contributed by atoms with Crippen LogP contribution in [-0.4, -0.2) is 9.97 Å². The zero-order chi connectivity index (χ0) is 15.0. The van der Waals surface area contributed by atoms with E-state index in [1.54, 1.807) is 0 Å². The largest absolute Gasteiger partial charge is 2.00 e. The first kappa shape index (κ1) is 18.2. The van der Waals surface area contributed by atoms with E-state index in [4.69, 9.17) is 0 Å². The van der Waals surface area contributed by atoms with Gasteiger partial charge in [0.1, 0.15) is 0 Å². The van der Waals surface area contributed by atoms with Gasteiger partial charge in [-0.2, -0.15) is 0 Å². The van der Waals surface area contributed by atoms with Crippen LogP contribution in [0.3, 0.4) is 0 Å². The summed E-state index contributed by atoms with van der Waals surface area (Å²) in [6, 6.07) is 11.9. The van der Waals surface area contributed by atoms with Gasteiger partial charge in [0.15, 0.2) is 0 Å². The summed E-state index contributed by atoms with van der Waals surface area (Å²) in [4.78, 5) is 8.44. The zero-order valence-corrected chi connectivity index (χ0v) is 13.6. The van der Waals surface area contributed by atoms with Gasteiger partial charge in [0, 0.05) is 35.6 Å². The molecule has 0 aromatic carbocycles. The van der Waals surface area contributed by atoms with Gasteiger partial charge in [-0.15, -0.1) is 0 Å². The van der Waals surface area contributed by atoms with Crippen LogP contribution in [-0.2, 0) is 17.1 Å². The molecule has 0 bridgehead atoms. The molecule has 2 fully saturated rings. The van der Waals surface area contributed by atoms with Crippen LogP contribution < -0.4 is 0 Å². The number of rotatable bonds is 2. The molecule has 0 saturated heterocycles. The molecule has 2 aromatic rings. The Morgan fingerprint density at radius 2 is 0.913 bits per heavy atom. The minimum atomic E-state index is 0. The fourth-order valence-corrected chi connectivity index (χ4v) is 2.16. The van der Waals surface area contributed by atoms with Crippen molar-refractivity contribution in [3.05, 3.63) is 123 Å². The van der Waals surface area contributed by atoms with E-state index in [1.807, 2.05) is 74.5 Å². The molecule has 3 heteroatoms. The van der Waals surface area contributed by atoms with Gasteiger partial charge in [-0.25, -0.2) is 0 Å². The van der Waals surface area contributed by atoms with Gasteiger partial charge < -0.3 is 0 Å². The van der Waals surface area contributed by atoms with E-state index in [0.29, 0.717) is 0 Å². The Hall–Kier alpha value is -1.18. The van der Waals surface area contributed by atoms with Crippen LogP contribution in [0.2, 0.25) is 0 Å². The molecule has 2 aliphatic carbocycles. The number of nitrogens with zero attached hydrogens (tertiary/aromatic N) is 2. The molecule has 0 unspecified atom stereocenters. The molecule has 2 aromatic heterocycles. The second-order valence-corrected chi connectivity index (χ2v) is 4.78. The van der Waals surface area contributed by atoms with Crippen LogP contribution in [0, 0.1) is 63.2 Å². The Morgan fingerprint density at radius 1 is 0.522 bits per heavy atom. The maximum absolute atomic E-state index is 4.22. The summed E-state index contributed by atoms with van der Waals surface area (Å²) in [7, 11) is 0. The van der Waals surface area contributed by atoms with Crippen molar-refractivity contribution < 1.29 is 17.1 Å². The Morgan fingerprint density at radius 3 is 1.22 bits per heavy atom. The molecule has 0 spiro atoms. The molecule has 0 aliphatic heterocycles. The van der Waals surface area contributed by atoms with Gasteiger partial charge in [0.2, 0.25) is 0 Å². The third-order valence-corrected chi connectivity index (χ3v) is 3.25. The quantitative estimate of drug-likeness (QED) is 0.780. The Bertz CT molecular complexity index is 481. The normalized spacial score (nSPS) is 18.1. The van der Waals surface area contributed by atoms with Crippen molar-refractivity contribution in [3.63, 3.8) is 0 Å². The molecule has 0 amide bonds. The Labute approximate surface area is 150 Å². The van der Waals surface area contributed by atoms with Gasteiger partial charge in [-0.3, -0.25) is 9.97 Å². The van der Waals surface area contributed by atoms with Gasteiger partial charge in [0.05, 0.1) is 0 Å². The third kappa shape index (κ3) is 5.44. The molecule has 112 valence electrons. The van der Waals surface area contributed by atoms with Gasteiger partial charge >= 0.3 is 17.1 Å². The van der Waals surface area contributed by atoms with Gasteiger partial charge in [-0.1, -0.05) is 12.1 Å². The van der Waals surface area contributed by atoms with E-state index in [-0.39, 0.29) is 17.1 Å². The van der Waals surface area contributed by atoms with Crippen molar-refractivity contribution >= 4 is 0 Å². The van der Waals surface area contributed by atoms with E-state index in [2.05, 4.69) is 35.7 Å². The van der Waals surface area contributed by atoms with Crippen molar-refractivity contribution in [1.82, 2.24) is 9.97 Å². The molecule has 2 heterocycles. The van der Waals surface area contributed by atoms with Gasteiger partial charge in [0.25, 0.3) is 0 Å². The molecular formula is C20H16FeN2+2. The topological polar surface area (TPSA) is 25.8 Å². The fraction of sp³-hybridized carbons (Fsp3) is 0. The van der Waals surface area contributed by atoms with Gasteiger partial charge in [-0.05, 0) is 75.6 Å². The zero-order valence-electron chi connectivity index (χ0n) is 12.5. The number of hydrogen-bond acceptors (Lipinski definition) is 2. The first-order chi connectivity index (χ1) is 10.9. The molecule has 2 nitrogen and oxygen atoms in total. The molecule has 2 aliphatic rings.